The Morgan fingerprint density at radius 3 is 2.48 bits per heavy atom. The molecule has 0 aliphatic carbocycles. The number of anilines is 1. The lowest BCUT2D eigenvalue weighted by atomic mass is 9.87. The van der Waals surface area contributed by atoms with E-state index >= 15 is 0 Å². The van der Waals surface area contributed by atoms with Crippen molar-refractivity contribution in [3.63, 3.8) is 0 Å². The van der Waals surface area contributed by atoms with E-state index in [2.05, 4.69) is 10.3 Å². The van der Waals surface area contributed by atoms with Crippen LogP contribution in [0.15, 0.2) is 65.2 Å². The highest BCUT2D eigenvalue weighted by Crippen LogP contribution is 2.42. The van der Waals surface area contributed by atoms with Crippen molar-refractivity contribution in [2.75, 3.05) is 37.7 Å². The lowest BCUT2D eigenvalue weighted by Gasteiger charge is -2.35. The van der Waals surface area contributed by atoms with E-state index in [1.807, 2.05) is 0 Å². The average molecular weight is 621 g/mol. The van der Waals surface area contributed by atoms with E-state index in [4.69, 9.17) is 4.42 Å². The number of hydrogen-bond donors (Lipinski definition) is 2. The molecule has 0 bridgehead atoms. The molecule has 0 radical (unpaired) electrons. The minimum atomic E-state index is -3.70. The van der Waals surface area contributed by atoms with Crippen LogP contribution in [0.1, 0.15) is 45.0 Å². The van der Waals surface area contributed by atoms with Gasteiger partial charge in [-0.2, -0.15) is 0 Å². The zero-order valence-electron chi connectivity index (χ0n) is 24.3. The molecule has 6 rings (SSSR count). The molecule has 2 N–H and O–H groups in total. The first-order chi connectivity index (χ1) is 21.0. The number of halogens is 2. The number of amides is 2. The number of furan rings is 1. The Kier molecular flexibility index (Phi) is 7.40. The van der Waals surface area contributed by atoms with Crippen LogP contribution in [0.2, 0.25) is 0 Å². The molecule has 0 spiro atoms. The molecule has 1 aliphatic rings. The van der Waals surface area contributed by atoms with Crippen LogP contribution in [0.3, 0.4) is 0 Å². The monoisotopic (exact) mass is 620 g/mol. The summed E-state index contributed by atoms with van der Waals surface area (Å²) in [6, 6.07) is 13.1. The van der Waals surface area contributed by atoms with Crippen molar-refractivity contribution in [1.82, 2.24) is 15.2 Å². The molecule has 2 aromatic heterocycles. The third-order valence-electron chi connectivity index (χ3n) is 8.26. The van der Waals surface area contributed by atoms with Gasteiger partial charge in [-0.15, -0.1) is 0 Å². The molecule has 3 heterocycles. The van der Waals surface area contributed by atoms with E-state index < -0.39 is 27.6 Å². The molecule has 5 aromatic rings. The number of fused-ring (bicyclic) bond motifs is 2. The highest BCUT2D eigenvalue weighted by molar-refractivity contribution is 7.92. The number of aromatic nitrogens is 1. The molecule has 1 aliphatic heterocycles. The van der Waals surface area contributed by atoms with Gasteiger partial charge in [0.1, 0.15) is 23.0 Å². The fourth-order valence-electron chi connectivity index (χ4n) is 5.94. The van der Waals surface area contributed by atoms with E-state index in [-0.39, 0.29) is 28.7 Å². The fourth-order valence-corrected chi connectivity index (χ4v) is 6.46. The Labute approximate surface area is 252 Å². The Balaban J connectivity index is 1.47. The van der Waals surface area contributed by atoms with Crippen LogP contribution in [-0.4, -0.2) is 63.6 Å². The lowest BCUT2D eigenvalue weighted by Crippen LogP contribution is -2.39. The molecule has 1 unspecified atom stereocenters. The number of nitrogens with one attached hydrogen (secondary N) is 2. The van der Waals surface area contributed by atoms with Crippen LogP contribution in [0.5, 0.6) is 0 Å². The first kappa shape index (κ1) is 29.4. The Bertz CT molecular complexity index is 2040. The minimum absolute atomic E-state index is 0.223. The molecule has 1 atom stereocenters. The summed E-state index contributed by atoms with van der Waals surface area (Å²) in [6.07, 6.45) is 3.99. The zero-order chi connectivity index (χ0) is 31.3. The number of nitrogens with zero attached hydrogens (tertiary/aromatic N) is 2. The molecule has 228 valence electrons. The van der Waals surface area contributed by atoms with Crippen molar-refractivity contribution in [1.29, 1.82) is 0 Å². The Morgan fingerprint density at radius 1 is 1.05 bits per heavy atom. The second-order valence-electron chi connectivity index (χ2n) is 11.0. The average Bonchev–Trinajstić information content (AvgIpc) is 3.60. The predicted octanol–water partition coefficient (Wildman–Crippen LogP) is 5.63. The van der Waals surface area contributed by atoms with Crippen molar-refractivity contribution < 1.29 is 31.2 Å². The van der Waals surface area contributed by atoms with E-state index in [9.17, 15) is 26.8 Å². The maximum atomic E-state index is 13.7. The van der Waals surface area contributed by atoms with Crippen LogP contribution in [0, 0.1) is 11.6 Å². The van der Waals surface area contributed by atoms with Gasteiger partial charge in [0, 0.05) is 67.2 Å². The highest BCUT2D eigenvalue weighted by Gasteiger charge is 2.32. The molecule has 9 nitrogen and oxygen atoms in total. The van der Waals surface area contributed by atoms with Gasteiger partial charge in [0.05, 0.1) is 23.1 Å². The fraction of sp³-hybridized carbons (Fsp3) is 0.250. The first-order valence-electron chi connectivity index (χ1n) is 14.0. The smallest absolute Gasteiger partial charge is 0.256 e. The molecule has 44 heavy (non-hydrogen) atoms. The van der Waals surface area contributed by atoms with E-state index in [0.717, 1.165) is 10.6 Å². The zero-order valence-corrected chi connectivity index (χ0v) is 25.1. The number of H-pyrrole nitrogens is 1. The van der Waals surface area contributed by atoms with E-state index in [1.165, 1.54) is 50.5 Å². The van der Waals surface area contributed by atoms with Gasteiger partial charge in [-0.25, -0.2) is 17.2 Å². The van der Waals surface area contributed by atoms with E-state index in [0.29, 0.717) is 64.6 Å². The third kappa shape index (κ3) is 5.19. The normalized spacial score (nSPS) is 15.6. The second kappa shape index (κ2) is 11.1. The largest absolute Gasteiger partial charge is 0.455 e. The summed E-state index contributed by atoms with van der Waals surface area (Å²) in [7, 11) is -0.768. The number of piperidine rings is 1. The van der Waals surface area contributed by atoms with Crippen LogP contribution in [0.4, 0.5) is 14.5 Å². The van der Waals surface area contributed by atoms with Crippen molar-refractivity contribution in [2.24, 2.45) is 0 Å². The number of carbonyl (C=O) groups excluding carboxylic acids is 2. The van der Waals surface area contributed by atoms with Crippen LogP contribution < -0.4 is 9.62 Å². The predicted molar refractivity (Wildman–Crippen MR) is 164 cm³/mol. The molecule has 3 aromatic carbocycles. The van der Waals surface area contributed by atoms with E-state index in [1.54, 1.807) is 29.3 Å². The molecule has 12 heteroatoms. The first-order valence-corrected chi connectivity index (χ1v) is 15.9. The van der Waals surface area contributed by atoms with Gasteiger partial charge >= 0.3 is 0 Å². The van der Waals surface area contributed by atoms with Gasteiger partial charge in [0.2, 0.25) is 10.0 Å². The van der Waals surface area contributed by atoms with Gasteiger partial charge in [-0.05, 0) is 66.9 Å². The summed E-state index contributed by atoms with van der Waals surface area (Å²) in [6.45, 7) is 0.785. The number of likely N-dealkylation sites (tertiary alicyclic amines) is 1. The number of rotatable bonds is 6. The second-order valence-corrected chi connectivity index (χ2v) is 13.0. The van der Waals surface area contributed by atoms with Gasteiger partial charge in [-0.3, -0.25) is 13.9 Å². The lowest BCUT2D eigenvalue weighted by molar-refractivity contribution is 0.0709. The molecular formula is C32H30F2N4O5S. The quantitative estimate of drug-likeness (QED) is 0.255. The summed E-state index contributed by atoms with van der Waals surface area (Å²) in [5.41, 5.74) is 2.94. The summed E-state index contributed by atoms with van der Waals surface area (Å²) in [5.74, 6) is -1.55. The van der Waals surface area contributed by atoms with Crippen LogP contribution in [-0.2, 0) is 10.0 Å². The standard InChI is InChI=1S/C32H30F2N4O5S/c1-35-31(39)29-24-14-23(19-5-4-12-38(17-19)32(40)25-16-36-26-13-21(34)10-11-22(25)26)27(37(2)44(3,41)42)15-28(24)43-30(29)18-6-8-20(33)9-7-18/h6-11,13-16,19,36H,4-5,12,17H2,1-3H3,(H,35,39). The van der Waals surface area contributed by atoms with Crippen molar-refractivity contribution >= 4 is 49.4 Å². The summed E-state index contributed by atoms with van der Waals surface area (Å²) < 4.78 is 60.3. The molecule has 1 saturated heterocycles. The topological polar surface area (TPSA) is 116 Å². The summed E-state index contributed by atoms with van der Waals surface area (Å²) in [5, 5.41) is 3.71. The third-order valence-corrected chi connectivity index (χ3v) is 9.45. The number of sulfonamides is 1. The summed E-state index contributed by atoms with van der Waals surface area (Å²) >= 11 is 0. The van der Waals surface area contributed by atoms with Crippen LogP contribution in [0.25, 0.3) is 33.2 Å². The molecule has 2 amide bonds. The number of carbonyl (C=O) groups is 2. The minimum Gasteiger partial charge on any atom is -0.455 e. The molecule has 1 fully saturated rings. The van der Waals surface area contributed by atoms with Crippen molar-refractivity contribution in [2.45, 2.75) is 18.8 Å². The maximum Gasteiger partial charge on any atom is 0.256 e. The van der Waals surface area contributed by atoms with Gasteiger partial charge < -0.3 is 19.6 Å². The summed E-state index contributed by atoms with van der Waals surface area (Å²) in [4.78, 5) is 31.6. The highest BCUT2D eigenvalue weighted by atomic mass is 32.2. The number of benzene rings is 3. The van der Waals surface area contributed by atoms with Crippen molar-refractivity contribution in [3.05, 3.63) is 89.1 Å². The number of hydrogen-bond acceptors (Lipinski definition) is 5. The van der Waals surface area contributed by atoms with Crippen molar-refractivity contribution in [3.8, 4) is 11.3 Å². The maximum absolute atomic E-state index is 13.7. The van der Waals surface area contributed by atoms with Crippen LogP contribution >= 0.6 is 0 Å². The Morgan fingerprint density at radius 2 is 1.77 bits per heavy atom. The molecular weight excluding hydrogens is 590 g/mol. The van der Waals surface area contributed by atoms with Gasteiger partial charge in [-0.1, -0.05) is 0 Å². The SMILES string of the molecule is CNC(=O)c1c(-c2ccc(F)cc2)oc2cc(N(C)S(C)(=O)=O)c(C3CCCN(C(=O)c4c[nH]c5cc(F)ccc45)C3)cc12. The van der Waals surface area contributed by atoms with Gasteiger partial charge in [0.15, 0.2) is 0 Å². The molecule has 0 saturated carbocycles. The van der Waals surface area contributed by atoms with Gasteiger partial charge in [0.25, 0.3) is 11.8 Å². The Hall–Kier alpha value is -4.71. The number of aromatic amines is 1.